The fourth-order valence-corrected chi connectivity index (χ4v) is 3.47. The number of hydrogen-bond donors (Lipinski definition) is 1. The second kappa shape index (κ2) is 9.97. The summed E-state index contributed by atoms with van der Waals surface area (Å²) in [5, 5.41) is 13.8. The quantitative estimate of drug-likeness (QED) is 0.140. The molecule has 0 saturated carbocycles. The van der Waals surface area contributed by atoms with Crippen molar-refractivity contribution in [3.63, 3.8) is 0 Å². The van der Waals surface area contributed by atoms with E-state index in [0.717, 1.165) is 0 Å². The molecule has 1 N–H and O–H groups in total. The number of carbonyl (C=O) groups excluding carboxylic acids is 2. The zero-order chi connectivity index (χ0) is 24.1. The largest absolute Gasteiger partial charge is 0.457 e. The van der Waals surface area contributed by atoms with Crippen LogP contribution < -0.4 is 5.32 Å². The number of amides is 1. The van der Waals surface area contributed by atoms with Crippen LogP contribution in [0.2, 0.25) is 5.02 Å². The maximum atomic E-state index is 12.6. The molecule has 1 amide bonds. The summed E-state index contributed by atoms with van der Waals surface area (Å²) < 4.78 is 5.71. The number of furan rings is 1. The van der Waals surface area contributed by atoms with Crippen molar-refractivity contribution in [1.29, 1.82) is 0 Å². The number of ketones is 1. The van der Waals surface area contributed by atoms with E-state index >= 15 is 0 Å². The standard InChI is InChI=1S/C26H17ClN2O5/c27-23-16-20(29(32)33)9-12-22(23)25-14-11-21(34-25)10-13-24(30)18-7-4-8-19(15-18)28-26(31)17-5-2-1-3-6-17/h1-16H,(H,28,31). The third kappa shape index (κ3) is 5.28. The summed E-state index contributed by atoms with van der Waals surface area (Å²) in [5.41, 5.74) is 1.79. The van der Waals surface area contributed by atoms with E-state index in [2.05, 4.69) is 5.32 Å². The topological polar surface area (TPSA) is 102 Å². The predicted octanol–water partition coefficient (Wildman–Crippen LogP) is 6.66. The number of anilines is 1. The Morgan fingerprint density at radius 2 is 1.68 bits per heavy atom. The van der Waals surface area contributed by atoms with Crippen LogP contribution in [0.25, 0.3) is 17.4 Å². The van der Waals surface area contributed by atoms with Crippen LogP contribution in [0.1, 0.15) is 26.5 Å². The molecule has 34 heavy (non-hydrogen) atoms. The summed E-state index contributed by atoms with van der Waals surface area (Å²) in [6, 6.07) is 22.8. The van der Waals surface area contributed by atoms with Gasteiger partial charge in [0.25, 0.3) is 11.6 Å². The maximum absolute atomic E-state index is 12.6. The normalized spacial score (nSPS) is 10.9. The lowest BCUT2D eigenvalue weighted by atomic mass is 10.1. The summed E-state index contributed by atoms with van der Waals surface area (Å²) in [4.78, 5) is 35.3. The van der Waals surface area contributed by atoms with Crippen LogP contribution in [0, 0.1) is 10.1 Å². The molecule has 4 aromatic rings. The predicted molar refractivity (Wildman–Crippen MR) is 130 cm³/mol. The minimum atomic E-state index is -0.528. The van der Waals surface area contributed by atoms with Gasteiger partial charge in [-0.15, -0.1) is 0 Å². The summed E-state index contributed by atoms with van der Waals surface area (Å²) in [7, 11) is 0. The SMILES string of the molecule is O=C(C=Cc1ccc(-c2ccc([N+](=O)[O-])cc2Cl)o1)c1cccc(NC(=O)c2ccccc2)c1. The van der Waals surface area contributed by atoms with Gasteiger partial charge in [-0.3, -0.25) is 19.7 Å². The van der Waals surface area contributed by atoms with E-state index in [1.807, 2.05) is 6.07 Å². The second-order valence-electron chi connectivity index (χ2n) is 7.22. The summed E-state index contributed by atoms with van der Waals surface area (Å²) in [5.74, 6) is 0.278. The first-order valence-electron chi connectivity index (χ1n) is 10.1. The lowest BCUT2D eigenvalue weighted by molar-refractivity contribution is -0.384. The third-order valence-corrected chi connectivity index (χ3v) is 5.21. The molecule has 0 bridgehead atoms. The van der Waals surface area contributed by atoms with Crippen LogP contribution in [-0.2, 0) is 0 Å². The van der Waals surface area contributed by atoms with Gasteiger partial charge in [-0.25, -0.2) is 0 Å². The molecule has 8 heteroatoms. The number of nitrogens with zero attached hydrogens (tertiary/aromatic N) is 1. The number of nitro benzene ring substituents is 1. The highest BCUT2D eigenvalue weighted by Crippen LogP contribution is 2.32. The molecular weight excluding hydrogens is 456 g/mol. The monoisotopic (exact) mass is 472 g/mol. The van der Waals surface area contributed by atoms with Crippen LogP contribution in [-0.4, -0.2) is 16.6 Å². The fraction of sp³-hybridized carbons (Fsp3) is 0. The van der Waals surface area contributed by atoms with Crippen LogP contribution in [0.3, 0.4) is 0 Å². The van der Waals surface area contributed by atoms with Crippen molar-refractivity contribution in [2.24, 2.45) is 0 Å². The van der Waals surface area contributed by atoms with Crippen molar-refractivity contribution in [2.75, 3.05) is 5.32 Å². The highest BCUT2D eigenvalue weighted by Gasteiger charge is 2.13. The zero-order valence-corrected chi connectivity index (χ0v) is 18.4. The lowest BCUT2D eigenvalue weighted by Gasteiger charge is -2.06. The van der Waals surface area contributed by atoms with Crippen LogP contribution >= 0.6 is 11.6 Å². The van der Waals surface area contributed by atoms with E-state index < -0.39 is 4.92 Å². The first-order valence-corrected chi connectivity index (χ1v) is 10.5. The second-order valence-corrected chi connectivity index (χ2v) is 7.63. The highest BCUT2D eigenvalue weighted by atomic mass is 35.5. The average molecular weight is 473 g/mol. The molecule has 0 unspecified atom stereocenters. The Hall–Kier alpha value is -4.49. The average Bonchev–Trinajstić information content (AvgIpc) is 3.32. The minimum absolute atomic E-state index is 0.117. The number of allylic oxidation sites excluding steroid dienone is 1. The van der Waals surface area contributed by atoms with Gasteiger partial charge in [-0.1, -0.05) is 41.9 Å². The van der Waals surface area contributed by atoms with Crippen molar-refractivity contribution in [1.82, 2.24) is 0 Å². The molecule has 3 aromatic carbocycles. The molecule has 7 nitrogen and oxygen atoms in total. The number of hydrogen-bond acceptors (Lipinski definition) is 5. The molecule has 168 valence electrons. The first-order chi connectivity index (χ1) is 16.4. The van der Waals surface area contributed by atoms with Gasteiger partial charge in [-0.05, 0) is 54.6 Å². The van der Waals surface area contributed by atoms with Crippen molar-refractivity contribution in [3.8, 4) is 11.3 Å². The van der Waals surface area contributed by atoms with Gasteiger partial charge < -0.3 is 9.73 Å². The number of rotatable bonds is 7. The summed E-state index contributed by atoms with van der Waals surface area (Å²) in [6.07, 6.45) is 2.87. The molecule has 0 radical (unpaired) electrons. The molecule has 0 aliphatic rings. The number of non-ortho nitro benzene ring substituents is 1. The van der Waals surface area contributed by atoms with Crippen molar-refractivity contribution >= 4 is 40.7 Å². The zero-order valence-electron chi connectivity index (χ0n) is 17.6. The van der Waals surface area contributed by atoms with E-state index in [1.54, 1.807) is 60.7 Å². The third-order valence-electron chi connectivity index (χ3n) is 4.90. The van der Waals surface area contributed by atoms with Gasteiger partial charge in [0.05, 0.1) is 9.95 Å². The summed E-state index contributed by atoms with van der Waals surface area (Å²) in [6.45, 7) is 0. The van der Waals surface area contributed by atoms with Gasteiger partial charge in [0, 0.05) is 34.5 Å². The maximum Gasteiger partial charge on any atom is 0.270 e. The molecule has 0 atom stereocenters. The molecule has 1 heterocycles. The highest BCUT2D eigenvalue weighted by molar-refractivity contribution is 6.33. The Balaban J connectivity index is 1.46. The number of carbonyl (C=O) groups is 2. The molecule has 0 fully saturated rings. The Bertz CT molecular complexity index is 1410. The molecule has 0 saturated heterocycles. The van der Waals surface area contributed by atoms with Gasteiger partial charge in [-0.2, -0.15) is 0 Å². The van der Waals surface area contributed by atoms with Crippen LogP contribution in [0.15, 0.2) is 95.4 Å². The Morgan fingerprint density at radius 3 is 2.41 bits per heavy atom. The van der Waals surface area contributed by atoms with E-state index in [4.69, 9.17) is 16.0 Å². The molecule has 1 aromatic heterocycles. The van der Waals surface area contributed by atoms with Gasteiger partial charge in [0.2, 0.25) is 0 Å². The number of nitrogens with one attached hydrogen (secondary N) is 1. The van der Waals surface area contributed by atoms with E-state index in [1.165, 1.54) is 30.4 Å². The van der Waals surface area contributed by atoms with Crippen molar-refractivity contribution in [2.45, 2.75) is 0 Å². The van der Waals surface area contributed by atoms with Gasteiger partial charge in [0.15, 0.2) is 5.78 Å². The summed E-state index contributed by atoms with van der Waals surface area (Å²) >= 11 is 6.15. The van der Waals surface area contributed by atoms with Crippen molar-refractivity contribution < 1.29 is 18.9 Å². The molecular formula is C26H17ClN2O5. The molecule has 0 aliphatic carbocycles. The number of nitro groups is 1. The Labute approximate surface area is 199 Å². The Kier molecular flexibility index (Phi) is 6.66. The molecule has 0 aliphatic heterocycles. The fourth-order valence-electron chi connectivity index (χ4n) is 3.20. The van der Waals surface area contributed by atoms with Crippen molar-refractivity contribution in [3.05, 3.63) is 123 Å². The van der Waals surface area contributed by atoms with Crippen LogP contribution in [0.5, 0.6) is 0 Å². The lowest BCUT2D eigenvalue weighted by Crippen LogP contribution is -2.12. The smallest absolute Gasteiger partial charge is 0.270 e. The van der Waals surface area contributed by atoms with Gasteiger partial charge >= 0.3 is 0 Å². The Morgan fingerprint density at radius 1 is 0.912 bits per heavy atom. The number of halogens is 1. The van der Waals surface area contributed by atoms with E-state index in [0.29, 0.717) is 33.9 Å². The van der Waals surface area contributed by atoms with E-state index in [9.17, 15) is 19.7 Å². The van der Waals surface area contributed by atoms with Crippen LogP contribution in [0.4, 0.5) is 11.4 Å². The van der Waals surface area contributed by atoms with Gasteiger partial charge in [0.1, 0.15) is 11.5 Å². The molecule has 0 spiro atoms. The first kappa shape index (κ1) is 22.7. The minimum Gasteiger partial charge on any atom is -0.457 e. The number of benzene rings is 3. The molecule has 4 rings (SSSR count). The van der Waals surface area contributed by atoms with E-state index in [-0.39, 0.29) is 22.4 Å².